The molecule has 0 bridgehead atoms. The van der Waals surface area contributed by atoms with Crippen molar-refractivity contribution in [3.05, 3.63) is 63.3 Å². The molecule has 0 aliphatic carbocycles. The SMILES string of the molecule is O=C1NC(=O)/C(=C\c2cccn2-c2ccc([N+](=O)[O-])cc2)S1. The number of rotatable bonds is 3. The van der Waals surface area contributed by atoms with E-state index >= 15 is 0 Å². The van der Waals surface area contributed by atoms with Crippen LogP contribution in [0.2, 0.25) is 0 Å². The van der Waals surface area contributed by atoms with E-state index < -0.39 is 16.1 Å². The first-order chi connectivity index (χ1) is 10.5. The van der Waals surface area contributed by atoms with Gasteiger partial charge < -0.3 is 4.57 Å². The molecular formula is C14H9N3O4S. The van der Waals surface area contributed by atoms with Gasteiger partial charge in [-0.1, -0.05) is 0 Å². The highest BCUT2D eigenvalue weighted by molar-refractivity contribution is 8.18. The monoisotopic (exact) mass is 315 g/mol. The summed E-state index contributed by atoms with van der Waals surface area (Å²) in [6.07, 6.45) is 3.37. The summed E-state index contributed by atoms with van der Waals surface area (Å²) in [7, 11) is 0. The molecule has 0 radical (unpaired) electrons. The van der Waals surface area contributed by atoms with Gasteiger partial charge in [0.1, 0.15) is 0 Å². The fraction of sp³-hybridized carbons (Fsp3) is 0. The molecular weight excluding hydrogens is 306 g/mol. The van der Waals surface area contributed by atoms with Gasteiger partial charge in [0.15, 0.2) is 0 Å². The Balaban J connectivity index is 1.95. The molecule has 110 valence electrons. The second kappa shape index (κ2) is 5.49. The molecule has 0 saturated carbocycles. The van der Waals surface area contributed by atoms with Crippen molar-refractivity contribution >= 4 is 34.7 Å². The summed E-state index contributed by atoms with van der Waals surface area (Å²) in [5.41, 5.74) is 1.42. The molecule has 1 aliphatic rings. The minimum Gasteiger partial charge on any atom is -0.317 e. The number of amides is 2. The Hall–Kier alpha value is -2.87. The Morgan fingerprint density at radius 2 is 1.91 bits per heavy atom. The second-order valence-corrected chi connectivity index (χ2v) is 5.44. The van der Waals surface area contributed by atoms with Crippen LogP contribution in [0.1, 0.15) is 5.69 Å². The minimum absolute atomic E-state index is 0.00661. The summed E-state index contributed by atoms with van der Waals surface area (Å²) in [5.74, 6) is -0.425. The lowest BCUT2D eigenvalue weighted by atomic mass is 10.2. The topological polar surface area (TPSA) is 94.2 Å². The highest BCUT2D eigenvalue weighted by Crippen LogP contribution is 2.27. The van der Waals surface area contributed by atoms with Gasteiger partial charge >= 0.3 is 0 Å². The molecule has 1 aliphatic heterocycles. The number of benzene rings is 1. The number of hydrogen-bond donors (Lipinski definition) is 1. The van der Waals surface area contributed by atoms with Gasteiger partial charge in [-0.2, -0.15) is 0 Å². The van der Waals surface area contributed by atoms with Crippen molar-refractivity contribution in [1.82, 2.24) is 9.88 Å². The van der Waals surface area contributed by atoms with Gasteiger partial charge in [0.2, 0.25) is 0 Å². The minimum atomic E-state index is -0.465. The van der Waals surface area contributed by atoms with Gasteiger partial charge in [0.05, 0.1) is 9.83 Å². The third kappa shape index (κ3) is 2.63. The number of aromatic nitrogens is 1. The predicted octanol–water partition coefficient (Wildman–Crippen LogP) is 2.71. The third-order valence-corrected chi connectivity index (χ3v) is 3.85. The average Bonchev–Trinajstić information content (AvgIpc) is 3.06. The van der Waals surface area contributed by atoms with Crippen LogP contribution < -0.4 is 5.32 Å². The maximum atomic E-state index is 11.6. The molecule has 22 heavy (non-hydrogen) atoms. The summed E-state index contributed by atoms with van der Waals surface area (Å²) < 4.78 is 1.77. The molecule has 8 heteroatoms. The average molecular weight is 315 g/mol. The Kier molecular flexibility index (Phi) is 3.51. The van der Waals surface area contributed by atoms with Crippen LogP contribution in [-0.2, 0) is 4.79 Å². The first kappa shape index (κ1) is 14.1. The van der Waals surface area contributed by atoms with Crippen molar-refractivity contribution < 1.29 is 14.5 Å². The summed E-state index contributed by atoms with van der Waals surface area (Å²) in [6, 6.07) is 9.62. The number of nitro benzene ring substituents is 1. The van der Waals surface area contributed by atoms with Crippen molar-refractivity contribution in [3.8, 4) is 5.69 Å². The smallest absolute Gasteiger partial charge is 0.290 e. The van der Waals surface area contributed by atoms with Crippen molar-refractivity contribution in [2.75, 3.05) is 0 Å². The Bertz CT molecular complexity index is 808. The Morgan fingerprint density at radius 3 is 2.50 bits per heavy atom. The number of imide groups is 1. The molecule has 1 aromatic carbocycles. The molecule has 2 amide bonds. The van der Waals surface area contributed by atoms with Crippen LogP contribution in [0.15, 0.2) is 47.5 Å². The fourth-order valence-electron chi connectivity index (χ4n) is 2.04. The van der Waals surface area contributed by atoms with Gasteiger partial charge in [-0.05, 0) is 42.1 Å². The number of carbonyl (C=O) groups is 2. The summed E-state index contributed by atoms with van der Waals surface area (Å²) in [6.45, 7) is 0. The maximum Gasteiger partial charge on any atom is 0.290 e. The van der Waals surface area contributed by atoms with Crippen molar-refractivity contribution in [2.45, 2.75) is 0 Å². The van der Waals surface area contributed by atoms with E-state index in [9.17, 15) is 19.7 Å². The van der Waals surface area contributed by atoms with E-state index in [-0.39, 0.29) is 5.69 Å². The molecule has 1 aromatic heterocycles. The zero-order valence-corrected chi connectivity index (χ0v) is 11.9. The number of non-ortho nitro benzene ring substituents is 1. The summed E-state index contributed by atoms with van der Waals surface area (Å²) in [4.78, 5) is 33.3. The van der Waals surface area contributed by atoms with Crippen molar-refractivity contribution in [3.63, 3.8) is 0 Å². The van der Waals surface area contributed by atoms with Gasteiger partial charge in [-0.3, -0.25) is 25.0 Å². The van der Waals surface area contributed by atoms with Gasteiger partial charge in [-0.25, -0.2) is 0 Å². The van der Waals surface area contributed by atoms with E-state index in [1.165, 1.54) is 12.1 Å². The molecule has 7 nitrogen and oxygen atoms in total. The molecule has 3 rings (SSSR count). The standard InChI is InChI=1S/C14H9N3O4S/c18-13-12(22-14(19)15-13)8-11-2-1-7-16(11)9-3-5-10(6-4-9)17(20)21/h1-8H,(H,15,18,19)/b12-8+. The number of nitrogens with zero attached hydrogens (tertiary/aromatic N) is 2. The highest BCUT2D eigenvalue weighted by atomic mass is 32.2. The number of thioether (sulfide) groups is 1. The van der Waals surface area contributed by atoms with Crippen molar-refractivity contribution in [2.24, 2.45) is 0 Å². The zero-order valence-electron chi connectivity index (χ0n) is 11.1. The summed E-state index contributed by atoms with van der Waals surface area (Å²) in [5, 5.41) is 12.5. The number of hydrogen-bond acceptors (Lipinski definition) is 5. The maximum absolute atomic E-state index is 11.6. The molecule has 1 fully saturated rings. The van der Waals surface area contributed by atoms with E-state index in [0.29, 0.717) is 10.6 Å². The van der Waals surface area contributed by atoms with Crippen LogP contribution in [-0.4, -0.2) is 20.6 Å². The van der Waals surface area contributed by atoms with E-state index in [2.05, 4.69) is 5.32 Å². The van der Waals surface area contributed by atoms with E-state index in [0.717, 1.165) is 17.4 Å². The van der Waals surface area contributed by atoms with Crippen LogP contribution in [0, 0.1) is 10.1 Å². The number of carbonyl (C=O) groups excluding carboxylic acids is 2. The molecule has 1 saturated heterocycles. The quantitative estimate of drug-likeness (QED) is 0.534. The zero-order chi connectivity index (χ0) is 15.7. The van der Waals surface area contributed by atoms with E-state index in [4.69, 9.17) is 0 Å². The van der Waals surface area contributed by atoms with Gasteiger partial charge in [0, 0.05) is 29.7 Å². The van der Waals surface area contributed by atoms with E-state index in [1.807, 2.05) is 0 Å². The lowest BCUT2D eigenvalue weighted by molar-refractivity contribution is -0.384. The number of nitro groups is 1. The predicted molar refractivity (Wildman–Crippen MR) is 81.5 cm³/mol. The lowest BCUT2D eigenvalue weighted by Crippen LogP contribution is -2.17. The molecule has 0 atom stereocenters. The van der Waals surface area contributed by atoms with Crippen LogP contribution in [0.4, 0.5) is 10.5 Å². The second-order valence-electron chi connectivity index (χ2n) is 4.43. The normalized spacial score (nSPS) is 16.1. The van der Waals surface area contributed by atoms with E-state index in [1.54, 1.807) is 41.1 Å². The molecule has 1 N–H and O–H groups in total. The first-order valence-corrected chi connectivity index (χ1v) is 7.03. The Morgan fingerprint density at radius 1 is 1.18 bits per heavy atom. The molecule has 2 heterocycles. The van der Waals surface area contributed by atoms with Crippen LogP contribution in [0.5, 0.6) is 0 Å². The highest BCUT2D eigenvalue weighted by Gasteiger charge is 2.25. The first-order valence-electron chi connectivity index (χ1n) is 6.21. The molecule has 0 unspecified atom stereocenters. The summed E-state index contributed by atoms with van der Waals surface area (Å²) >= 11 is 0.841. The van der Waals surface area contributed by atoms with Crippen LogP contribution in [0.3, 0.4) is 0 Å². The van der Waals surface area contributed by atoms with Gasteiger partial charge in [-0.15, -0.1) is 0 Å². The van der Waals surface area contributed by atoms with Crippen molar-refractivity contribution in [1.29, 1.82) is 0 Å². The fourth-order valence-corrected chi connectivity index (χ4v) is 2.70. The largest absolute Gasteiger partial charge is 0.317 e. The lowest BCUT2D eigenvalue weighted by Gasteiger charge is -2.06. The third-order valence-electron chi connectivity index (χ3n) is 3.04. The molecule has 2 aromatic rings. The number of nitrogens with one attached hydrogen (secondary N) is 1. The van der Waals surface area contributed by atoms with Crippen LogP contribution >= 0.6 is 11.8 Å². The van der Waals surface area contributed by atoms with Crippen LogP contribution in [0.25, 0.3) is 11.8 Å². The van der Waals surface area contributed by atoms with Gasteiger partial charge in [0.25, 0.3) is 16.8 Å². The Labute approximate surface area is 128 Å². The molecule has 0 spiro atoms.